The van der Waals surface area contributed by atoms with E-state index >= 15 is 0 Å². The van der Waals surface area contributed by atoms with Crippen LogP contribution in [0.4, 0.5) is 0 Å². The van der Waals surface area contributed by atoms with Crippen LogP contribution in [0.5, 0.6) is 0 Å². The SMILES string of the molecule is CCc1ccc(C(N)c2ccc(CN)cc2)cc1. The summed E-state index contributed by atoms with van der Waals surface area (Å²) in [6.07, 6.45) is 1.06. The molecular weight excluding hydrogens is 220 g/mol. The summed E-state index contributed by atoms with van der Waals surface area (Å²) in [5, 5.41) is 0. The number of aryl methyl sites for hydroxylation is 1. The van der Waals surface area contributed by atoms with E-state index in [-0.39, 0.29) is 6.04 Å². The lowest BCUT2D eigenvalue weighted by molar-refractivity contribution is 0.867. The van der Waals surface area contributed by atoms with Gasteiger partial charge in [-0.05, 0) is 28.7 Å². The fourth-order valence-electron chi connectivity index (χ4n) is 2.01. The molecule has 18 heavy (non-hydrogen) atoms. The monoisotopic (exact) mass is 240 g/mol. The summed E-state index contributed by atoms with van der Waals surface area (Å²) >= 11 is 0. The zero-order valence-electron chi connectivity index (χ0n) is 10.8. The highest BCUT2D eigenvalue weighted by Crippen LogP contribution is 2.20. The van der Waals surface area contributed by atoms with Gasteiger partial charge in [0.2, 0.25) is 0 Å². The molecule has 0 amide bonds. The predicted octanol–water partition coefficient (Wildman–Crippen LogP) is 2.76. The van der Waals surface area contributed by atoms with E-state index in [2.05, 4.69) is 43.3 Å². The molecule has 2 nitrogen and oxygen atoms in total. The molecule has 94 valence electrons. The smallest absolute Gasteiger partial charge is 0.0551 e. The Kier molecular flexibility index (Phi) is 4.13. The van der Waals surface area contributed by atoms with Crippen molar-refractivity contribution in [2.75, 3.05) is 0 Å². The van der Waals surface area contributed by atoms with Gasteiger partial charge in [-0.15, -0.1) is 0 Å². The molecule has 2 aromatic rings. The van der Waals surface area contributed by atoms with Crippen LogP contribution in [0.15, 0.2) is 48.5 Å². The predicted molar refractivity (Wildman–Crippen MR) is 76.2 cm³/mol. The van der Waals surface area contributed by atoms with Crippen LogP contribution in [0.3, 0.4) is 0 Å². The van der Waals surface area contributed by atoms with Gasteiger partial charge in [0, 0.05) is 6.54 Å². The second kappa shape index (κ2) is 5.80. The third-order valence-electron chi connectivity index (χ3n) is 3.32. The molecule has 1 unspecified atom stereocenters. The fourth-order valence-corrected chi connectivity index (χ4v) is 2.01. The normalized spacial score (nSPS) is 12.4. The van der Waals surface area contributed by atoms with Crippen LogP contribution in [0, 0.1) is 0 Å². The number of hydrogen-bond acceptors (Lipinski definition) is 2. The largest absolute Gasteiger partial charge is 0.326 e. The molecule has 0 aliphatic rings. The van der Waals surface area contributed by atoms with Gasteiger partial charge in [0.05, 0.1) is 6.04 Å². The summed E-state index contributed by atoms with van der Waals surface area (Å²) < 4.78 is 0. The molecule has 2 aromatic carbocycles. The van der Waals surface area contributed by atoms with Crippen LogP contribution in [0.1, 0.15) is 35.2 Å². The summed E-state index contributed by atoms with van der Waals surface area (Å²) in [6.45, 7) is 2.72. The molecule has 2 heteroatoms. The maximum atomic E-state index is 6.27. The quantitative estimate of drug-likeness (QED) is 0.863. The Morgan fingerprint density at radius 3 is 1.67 bits per heavy atom. The molecule has 4 N–H and O–H groups in total. The van der Waals surface area contributed by atoms with Gasteiger partial charge in [0.15, 0.2) is 0 Å². The standard InChI is InChI=1S/C16H20N2/c1-2-12-3-7-14(8-4-12)16(18)15-9-5-13(11-17)6-10-15/h3-10,16H,2,11,17-18H2,1H3. The molecule has 0 fully saturated rings. The molecule has 2 rings (SSSR count). The first-order valence-corrected chi connectivity index (χ1v) is 6.38. The van der Waals surface area contributed by atoms with E-state index in [9.17, 15) is 0 Å². The molecule has 0 saturated carbocycles. The Morgan fingerprint density at radius 2 is 1.28 bits per heavy atom. The van der Waals surface area contributed by atoms with Crippen molar-refractivity contribution in [1.29, 1.82) is 0 Å². The van der Waals surface area contributed by atoms with Crippen LogP contribution in [-0.4, -0.2) is 0 Å². The van der Waals surface area contributed by atoms with Gasteiger partial charge >= 0.3 is 0 Å². The minimum absolute atomic E-state index is 0.0669. The van der Waals surface area contributed by atoms with Crippen LogP contribution in [-0.2, 0) is 13.0 Å². The lowest BCUT2D eigenvalue weighted by Crippen LogP contribution is -2.12. The zero-order chi connectivity index (χ0) is 13.0. The fraction of sp³-hybridized carbons (Fsp3) is 0.250. The van der Waals surface area contributed by atoms with Crippen molar-refractivity contribution in [3.05, 3.63) is 70.8 Å². The van der Waals surface area contributed by atoms with Crippen molar-refractivity contribution < 1.29 is 0 Å². The molecule has 1 atom stereocenters. The molecule has 0 aliphatic heterocycles. The van der Waals surface area contributed by atoms with E-state index < -0.39 is 0 Å². The van der Waals surface area contributed by atoms with E-state index in [4.69, 9.17) is 11.5 Å². The molecule has 0 aromatic heterocycles. The van der Waals surface area contributed by atoms with Gasteiger partial charge in [0.25, 0.3) is 0 Å². The Morgan fingerprint density at radius 1 is 0.833 bits per heavy atom. The van der Waals surface area contributed by atoms with Gasteiger partial charge in [0.1, 0.15) is 0 Å². The highest BCUT2D eigenvalue weighted by molar-refractivity contribution is 5.34. The first kappa shape index (κ1) is 12.8. The summed E-state index contributed by atoms with van der Waals surface area (Å²) in [6, 6.07) is 16.6. The Balaban J connectivity index is 2.20. The van der Waals surface area contributed by atoms with E-state index in [0.717, 1.165) is 23.1 Å². The Labute approximate surface area is 109 Å². The number of hydrogen-bond donors (Lipinski definition) is 2. The number of nitrogens with two attached hydrogens (primary N) is 2. The third-order valence-corrected chi connectivity index (χ3v) is 3.32. The average Bonchev–Trinajstić information content (AvgIpc) is 2.47. The van der Waals surface area contributed by atoms with Crippen LogP contribution in [0.25, 0.3) is 0 Å². The Bertz CT molecular complexity index is 438. The minimum Gasteiger partial charge on any atom is -0.326 e. The Hall–Kier alpha value is -1.64. The zero-order valence-corrected chi connectivity index (χ0v) is 10.8. The van der Waals surface area contributed by atoms with Crippen molar-refractivity contribution in [3.63, 3.8) is 0 Å². The van der Waals surface area contributed by atoms with Gasteiger partial charge in [-0.25, -0.2) is 0 Å². The summed E-state index contributed by atoms with van der Waals surface area (Å²) in [7, 11) is 0. The first-order valence-electron chi connectivity index (χ1n) is 6.38. The second-order valence-electron chi connectivity index (χ2n) is 4.52. The van der Waals surface area contributed by atoms with E-state index in [1.54, 1.807) is 0 Å². The van der Waals surface area contributed by atoms with Gasteiger partial charge in [-0.2, -0.15) is 0 Å². The maximum Gasteiger partial charge on any atom is 0.0551 e. The van der Waals surface area contributed by atoms with Crippen LogP contribution in [0.2, 0.25) is 0 Å². The molecule has 0 saturated heterocycles. The number of benzene rings is 2. The molecule has 0 bridgehead atoms. The van der Waals surface area contributed by atoms with Crippen molar-refractivity contribution in [3.8, 4) is 0 Å². The molecular formula is C16H20N2. The molecule has 0 radical (unpaired) electrons. The maximum absolute atomic E-state index is 6.27. The lowest BCUT2D eigenvalue weighted by Gasteiger charge is -2.13. The third kappa shape index (κ3) is 2.78. The molecule has 0 spiro atoms. The van der Waals surface area contributed by atoms with Gasteiger partial charge < -0.3 is 11.5 Å². The summed E-state index contributed by atoms with van der Waals surface area (Å²) in [4.78, 5) is 0. The van der Waals surface area contributed by atoms with Crippen molar-refractivity contribution >= 4 is 0 Å². The molecule has 0 heterocycles. The minimum atomic E-state index is -0.0669. The lowest BCUT2D eigenvalue weighted by atomic mass is 9.97. The van der Waals surface area contributed by atoms with E-state index in [0.29, 0.717) is 6.54 Å². The van der Waals surface area contributed by atoms with Crippen LogP contribution >= 0.6 is 0 Å². The highest BCUT2D eigenvalue weighted by Gasteiger charge is 2.08. The van der Waals surface area contributed by atoms with Gasteiger partial charge in [-0.1, -0.05) is 55.5 Å². The van der Waals surface area contributed by atoms with E-state index in [1.807, 2.05) is 12.1 Å². The summed E-state index contributed by atoms with van der Waals surface area (Å²) in [5.74, 6) is 0. The van der Waals surface area contributed by atoms with Gasteiger partial charge in [-0.3, -0.25) is 0 Å². The van der Waals surface area contributed by atoms with Crippen molar-refractivity contribution in [2.45, 2.75) is 25.9 Å². The van der Waals surface area contributed by atoms with Crippen LogP contribution < -0.4 is 11.5 Å². The number of rotatable bonds is 4. The topological polar surface area (TPSA) is 52.0 Å². The van der Waals surface area contributed by atoms with Crippen molar-refractivity contribution in [2.24, 2.45) is 11.5 Å². The van der Waals surface area contributed by atoms with E-state index in [1.165, 1.54) is 5.56 Å². The molecule has 0 aliphatic carbocycles. The average molecular weight is 240 g/mol. The van der Waals surface area contributed by atoms with Crippen molar-refractivity contribution in [1.82, 2.24) is 0 Å². The highest BCUT2D eigenvalue weighted by atomic mass is 14.6. The summed E-state index contributed by atoms with van der Waals surface area (Å²) in [5.41, 5.74) is 16.6. The second-order valence-corrected chi connectivity index (χ2v) is 4.52. The first-order chi connectivity index (χ1) is 8.74.